The second kappa shape index (κ2) is 8.79. The van der Waals surface area contributed by atoms with Gasteiger partial charge in [-0.25, -0.2) is 0 Å². The fourth-order valence-corrected chi connectivity index (χ4v) is 4.02. The number of ether oxygens (including phenoxy) is 2. The van der Waals surface area contributed by atoms with Gasteiger partial charge >= 0.3 is 0 Å². The van der Waals surface area contributed by atoms with E-state index >= 15 is 0 Å². The molecule has 1 aromatic rings. The average Bonchev–Trinajstić information content (AvgIpc) is 2.99. The molecule has 2 aliphatic rings. The van der Waals surface area contributed by atoms with Gasteiger partial charge in [0.25, 0.3) is 0 Å². The molecule has 25 heavy (non-hydrogen) atoms. The van der Waals surface area contributed by atoms with Crippen molar-refractivity contribution < 1.29 is 14.3 Å². The fourth-order valence-electron chi connectivity index (χ4n) is 4.02. The molecule has 2 heterocycles. The van der Waals surface area contributed by atoms with Crippen LogP contribution in [-0.4, -0.2) is 56.9 Å². The van der Waals surface area contributed by atoms with Crippen LogP contribution >= 0.6 is 0 Å². The van der Waals surface area contributed by atoms with Crippen LogP contribution in [-0.2, 0) is 20.8 Å². The molecule has 0 radical (unpaired) electrons. The predicted molar refractivity (Wildman–Crippen MR) is 97.3 cm³/mol. The molecule has 3 atom stereocenters. The molecule has 5 nitrogen and oxygen atoms in total. The molecule has 0 bridgehead atoms. The lowest BCUT2D eigenvalue weighted by Crippen LogP contribution is -2.42. The highest BCUT2D eigenvalue weighted by molar-refractivity contribution is 5.76. The van der Waals surface area contributed by atoms with Crippen LogP contribution in [0.25, 0.3) is 0 Å². The lowest BCUT2D eigenvalue weighted by molar-refractivity contribution is -0.124. The summed E-state index contributed by atoms with van der Waals surface area (Å²) in [6, 6.07) is 8.80. The molecule has 2 saturated heterocycles. The average molecular weight is 346 g/mol. The molecular formula is C20H30N2O3. The van der Waals surface area contributed by atoms with Crippen molar-refractivity contribution in [1.82, 2.24) is 10.2 Å². The third-order valence-electron chi connectivity index (χ3n) is 5.42. The number of likely N-dealkylation sites (tertiary alicyclic amines) is 1. The second-order valence-electron chi connectivity index (χ2n) is 7.35. The minimum atomic E-state index is 0.0739. The Bertz CT molecular complexity index is 561. The van der Waals surface area contributed by atoms with Crippen molar-refractivity contribution in [2.24, 2.45) is 11.8 Å². The SMILES string of the molecule is COCCNC(=O)C[C@H]1OC[C@H]2CN(Cc3ccc(C)cc3)CC[C@H]21. The topological polar surface area (TPSA) is 50.8 Å². The van der Waals surface area contributed by atoms with Crippen LogP contribution < -0.4 is 5.32 Å². The second-order valence-corrected chi connectivity index (χ2v) is 7.35. The number of nitrogens with zero attached hydrogens (tertiary/aromatic N) is 1. The summed E-state index contributed by atoms with van der Waals surface area (Å²) in [5, 5.41) is 2.90. The lowest BCUT2D eigenvalue weighted by atomic mass is 9.83. The van der Waals surface area contributed by atoms with Gasteiger partial charge in [-0.1, -0.05) is 29.8 Å². The monoisotopic (exact) mass is 346 g/mol. The Hall–Kier alpha value is -1.43. The molecular weight excluding hydrogens is 316 g/mol. The van der Waals surface area contributed by atoms with E-state index in [9.17, 15) is 4.79 Å². The van der Waals surface area contributed by atoms with Gasteiger partial charge in [0.05, 0.1) is 25.7 Å². The van der Waals surface area contributed by atoms with E-state index in [4.69, 9.17) is 9.47 Å². The normalized spacial score (nSPS) is 26.4. The lowest BCUT2D eigenvalue weighted by Gasteiger charge is -2.35. The Labute approximate surface area is 150 Å². The number of amides is 1. The van der Waals surface area contributed by atoms with Crippen LogP contribution in [0.5, 0.6) is 0 Å². The van der Waals surface area contributed by atoms with Crippen LogP contribution in [0.1, 0.15) is 24.0 Å². The zero-order valence-electron chi connectivity index (χ0n) is 15.4. The van der Waals surface area contributed by atoms with E-state index in [0.717, 1.165) is 32.7 Å². The molecule has 1 N–H and O–H groups in total. The maximum Gasteiger partial charge on any atom is 0.222 e. The van der Waals surface area contributed by atoms with Gasteiger partial charge in [-0.2, -0.15) is 0 Å². The summed E-state index contributed by atoms with van der Waals surface area (Å²) in [6.45, 7) is 7.19. The first-order valence-electron chi connectivity index (χ1n) is 9.31. The van der Waals surface area contributed by atoms with Gasteiger partial charge in [0.1, 0.15) is 0 Å². The summed E-state index contributed by atoms with van der Waals surface area (Å²) < 4.78 is 10.9. The number of carbonyl (C=O) groups excluding carboxylic acids is 1. The number of hydrogen-bond acceptors (Lipinski definition) is 4. The molecule has 2 fully saturated rings. The highest BCUT2D eigenvalue weighted by Crippen LogP contribution is 2.36. The first-order valence-corrected chi connectivity index (χ1v) is 9.31. The summed E-state index contributed by atoms with van der Waals surface area (Å²) >= 11 is 0. The predicted octanol–water partition coefficient (Wildman–Crippen LogP) is 1.98. The number of aryl methyl sites for hydroxylation is 1. The van der Waals surface area contributed by atoms with Gasteiger partial charge in [-0.05, 0) is 31.4 Å². The maximum absolute atomic E-state index is 12.0. The maximum atomic E-state index is 12.0. The number of nitrogens with one attached hydrogen (secondary N) is 1. The van der Waals surface area contributed by atoms with E-state index in [1.165, 1.54) is 11.1 Å². The number of methoxy groups -OCH3 is 1. The minimum Gasteiger partial charge on any atom is -0.383 e. The zero-order chi connectivity index (χ0) is 17.6. The smallest absolute Gasteiger partial charge is 0.222 e. The first-order chi connectivity index (χ1) is 12.2. The van der Waals surface area contributed by atoms with Crippen molar-refractivity contribution in [2.75, 3.05) is 40.0 Å². The molecule has 0 saturated carbocycles. The molecule has 0 unspecified atom stereocenters. The molecule has 138 valence electrons. The van der Waals surface area contributed by atoms with E-state index in [-0.39, 0.29) is 12.0 Å². The zero-order valence-corrected chi connectivity index (χ0v) is 15.4. The highest BCUT2D eigenvalue weighted by atomic mass is 16.5. The van der Waals surface area contributed by atoms with Crippen molar-refractivity contribution in [3.8, 4) is 0 Å². The summed E-state index contributed by atoms with van der Waals surface area (Å²) in [4.78, 5) is 14.5. The third kappa shape index (κ3) is 5.03. The Morgan fingerprint density at radius 3 is 2.92 bits per heavy atom. The van der Waals surface area contributed by atoms with Gasteiger partial charge in [0.15, 0.2) is 0 Å². The number of piperidine rings is 1. The van der Waals surface area contributed by atoms with Gasteiger partial charge in [0.2, 0.25) is 5.91 Å². The van der Waals surface area contributed by atoms with Crippen LogP contribution in [0, 0.1) is 18.8 Å². The van der Waals surface area contributed by atoms with Gasteiger partial charge in [0, 0.05) is 32.7 Å². The van der Waals surface area contributed by atoms with Crippen molar-refractivity contribution in [3.63, 3.8) is 0 Å². The van der Waals surface area contributed by atoms with Crippen molar-refractivity contribution in [1.29, 1.82) is 0 Å². The number of hydrogen-bond donors (Lipinski definition) is 1. The standard InChI is InChI=1S/C20H30N2O3/c1-15-3-5-16(6-4-15)12-22-9-7-18-17(13-22)14-25-19(18)11-20(23)21-8-10-24-2/h3-6,17-19H,7-14H2,1-2H3,(H,21,23)/t17-,18-,19-/m1/s1. The highest BCUT2D eigenvalue weighted by Gasteiger charge is 2.41. The van der Waals surface area contributed by atoms with Crippen molar-refractivity contribution in [3.05, 3.63) is 35.4 Å². The largest absolute Gasteiger partial charge is 0.383 e. The molecule has 0 spiro atoms. The van der Waals surface area contributed by atoms with Crippen LogP contribution in [0.15, 0.2) is 24.3 Å². The Balaban J connectivity index is 1.46. The van der Waals surface area contributed by atoms with Crippen molar-refractivity contribution in [2.45, 2.75) is 32.4 Å². The summed E-state index contributed by atoms with van der Waals surface area (Å²) in [5.41, 5.74) is 2.68. The van der Waals surface area contributed by atoms with E-state index in [2.05, 4.69) is 41.4 Å². The number of benzene rings is 1. The van der Waals surface area contributed by atoms with Gasteiger partial charge in [-0.15, -0.1) is 0 Å². The summed E-state index contributed by atoms with van der Waals surface area (Å²) in [7, 11) is 1.64. The van der Waals surface area contributed by atoms with Crippen LogP contribution in [0.2, 0.25) is 0 Å². The quantitative estimate of drug-likeness (QED) is 0.767. The van der Waals surface area contributed by atoms with E-state index < -0.39 is 0 Å². The summed E-state index contributed by atoms with van der Waals surface area (Å²) in [6.07, 6.45) is 1.67. The molecule has 1 aromatic carbocycles. The molecule has 0 aliphatic carbocycles. The molecule has 1 amide bonds. The minimum absolute atomic E-state index is 0.0739. The molecule has 2 aliphatic heterocycles. The molecule has 3 rings (SSSR count). The van der Waals surface area contributed by atoms with E-state index in [1.54, 1.807) is 7.11 Å². The molecule has 0 aromatic heterocycles. The van der Waals surface area contributed by atoms with Crippen LogP contribution in [0.4, 0.5) is 0 Å². The van der Waals surface area contributed by atoms with Crippen molar-refractivity contribution >= 4 is 5.91 Å². The fraction of sp³-hybridized carbons (Fsp3) is 0.650. The number of rotatable bonds is 7. The number of carbonyl (C=O) groups is 1. The van der Waals surface area contributed by atoms with Gasteiger partial charge < -0.3 is 14.8 Å². The Morgan fingerprint density at radius 1 is 1.36 bits per heavy atom. The third-order valence-corrected chi connectivity index (χ3v) is 5.42. The van der Waals surface area contributed by atoms with Gasteiger partial charge in [-0.3, -0.25) is 9.69 Å². The van der Waals surface area contributed by atoms with E-state index in [0.29, 0.717) is 31.4 Å². The Morgan fingerprint density at radius 2 is 2.16 bits per heavy atom. The summed E-state index contributed by atoms with van der Waals surface area (Å²) in [5.74, 6) is 1.14. The number of fused-ring (bicyclic) bond motifs is 1. The Kier molecular flexibility index (Phi) is 6.45. The first kappa shape index (κ1) is 18.4. The van der Waals surface area contributed by atoms with Crippen LogP contribution in [0.3, 0.4) is 0 Å². The molecule has 5 heteroatoms. The van der Waals surface area contributed by atoms with E-state index in [1.807, 2.05) is 0 Å².